The molecule has 0 bridgehead atoms. The van der Waals surface area contributed by atoms with E-state index in [-0.39, 0.29) is 0 Å². The number of pyridine rings is 1. The molecule has 3 heterocycles. The summed E-state index contributed by atoms with van der Waals surface area (Å²) < 4.78 is 23.1. The van der Waals surface area contributed by atoms with Gasteiger partial charge in [0.1, 0.15) is 16.0 Å². The van der Waals surface area contributed by atoms with Crippen LogP contribution < -0.4 is 4.74 Å². The first-order valence-electron chi connectivity index (χ1n) is 7.23. The van der Waals surface area contributed by atoms with Crippen LogP contribution in [-0.4, -0.2) is 45.1 Å². The van der Waals surface area contributed by atoms with E-state index in [0.717, 1.165) is 48.7 Å². The zero-order valence-electron chi connectivity index (χ0n) is 12.1. The number of nitrogens with zero attached hydrogens (tertiary/aromatic N) is 1. The molecular formula is C15H20BrNO4. The van der Waals surface area contributed by atoms with Gasteiger partial charge in [0.2, 0.25) is 0 Å². The van der Waals surface area contributed by atoms with Crippen molar-refractivity contribution in [3.8, 4) is 5.75 Å². The molecule has 5 nitrogen and oxygen atoms in total. The molecule has 0 aliphatic carbocycles. The van der Waals surface area contributed by atoms with Crippen LogP contribution in [0.3, 0.4) is 0 Å². The molecule has 0 amide bonds. The van der Waals surface area contributed by atoms with Crippen molar-refractivity contribution in [2.24, 2.45) is 5.92 Å². The van der Waals surface area contributed by atoms with Gasteiger partial charge in [0.15, 0.2) is 0 Å². The van der Waals surface area contributed by atoms with E-state index in [1.54, 1.807) is 7.11 Å². The van der Waals surface area contributed by atoms with Gasteiger partial charge in [0.05, 0.1) is 32.1 Å². The first-order valence-corrected chi connectivity index (χ1v) is 8.03. The SMILES string of the molecule is COC1(c2cc(OCC3COC3)cc(Br)n2)CCCOC1. The highest BCUT2D eigenvalue weighted by Crippen LogP contribution is 2.35. The fourth-order valence-corrected chi connectivity index (χ4v) is 3.04. The van der Waals surface area contributed by atoms with Gasteiger partial charge < -0.3 is 18.9 Å². The second-order valence-corrected chi connectivity index (χ2v) is 6.39. The van der Waals surface area contributed by atoms with Crippen molar-refractivity contribution in [3.63, 3.8) is 0 Å². The number of hydrogen-bond donors (Lipinski definition) is 0. The van der Waals surface area contributed by atoms with E-state index in [0.29, 0.717) is 19.1 Å². The lowest BCUT2D eigenvalue weighted by Crippen LogP contribution is -2.38. The van der Waals surface area contributed by atoms with Crippen LogP contribution in [0.1, 0.15) is 18.5 Å². The van der Waals surface area contributed by atoms with Crippen molar-refractivity contribution in [1.29, 1.82) is 0 Å². The van der Waals surface area contributed by atoms with Gasteiger partial charge in [-0.3, -0.25) is 0 Å². The summed E-state index contributed by atoms with van der Waals surface area (Å²) >= 11 is 3.46. The molecule has 0 N–H and O–H groups in total. The second kappa shape index (κ2) is 6.60. The molecule has 2 fully saturated rings. The van der Waals surface area contributed by atoms with Crippen LogP contribution in [0.4, 0.5) is 0 Å². The van der Waals surface area contributed by atoms with Crippen molar-refractivity contribution in [3.05, 3.63) is 22.4 Å². The fourth-order valence-electron chi connectivity index (χ4n) is 2.62. The summed E-state index contributed by atoms with van der Waals surface area (Å²) in [6, 6.07) is 3.85. The summed E-state index contributed by atoms with van der Waals surface area (Å²) in [5.74, 6) is 1.30. The minimum Gasteiger partial charge on any atom is -0.493 e. The Morgan fingerprint density at radius 2 is 2.24 bits per heavy atom. The number of rotatable bonds is 5. The molecule has 1 atom stereocenters. The summed E-state index contributed by atoms with van der Waals surface area (Å²) in [6.45, 7) is 3.56. The summed E-state index contributed by atoms with van der Waals surface area (Å²) in [6.07, 6.45) is 1.88. The third-order valence-corrected chi connectivity index (χ3v) is 4.43. The topological polar surface area (TPSA) is 49.8 Å². The van der Waals surface area contributed by atoms with E-state index in [4.69, 9.17) is 18.9 Å². The third-order valence-electron chi connectivity index (χ3n) is 4.02. The molecule has 0 spiro atoms. The zero-order valence-corrected chi connectivity index (χ0v) is 13.7. The van der Waals surface area contributed by atoms with E-state index >= 15 is 0 Å². The lowest BCUT2D eigenvalue weighted by Gasteiger charge is -2.35. The van der Waals surface area contributed by atoms with Gasteiger partial charge in [0.25, 0.3) is 0 Å². The van der Waals surface area contributed by atoms with Gasteiger partial charge >= 0.3 is 0 Å². The molecule has 2 saturated heterocycles. The first kappa shape index (κ1) is 15.2. The molecule has 0 radical (unpaired) electrons. The van der Waals surface area contributed by atoms with Crippen molar-refractivity contribution in [2.75, 3.05) is 40.1 Å². The van der Waals surface area contributed by atoms with Crippen LogP contribution in [0.15, 0.2) is 16.7 Å². The van der Waals surface area contributed by atoms with Crippen molar-refractivity contribution in [1.82, 2.24) is 4.98 Å². The molecule has 21 heavy (non-hydrogen) atoms. The second-order valence-electron chi connectivity index (χ2n) is 5.58. The van der Waals surface area contributed by atoms with E-state index in [2.05, 4.69) is 20.9 Å². The smallest absolute Gasteiger partial charge is 0.133 e. The average molecular weight is 358 g/mol. The van der Waals surface area contributed by atoms with Crippen LogP contribution >= 0.6 is 15.9 Å². The molecular weight excluding hydrogens is 338 g/mol. The standard InChI is InChI=1S/C15H20BrNO4/c1-18-15(3-2-4-19-10-15)13-5-12(6-14(16)17-13)21-9-11-7-20-8-11/h5-6,11H,2-4,7-10H2,1H3. The molecule has 116 valence electrons. The highest BCUT2D eigenvalue weighted by Gasteiger charge is 2.37. The molecule has 1 aromatic rings. The highest BCUT2D eigenvalue weighted by atomic mass is 79.9. The predicted molar refractivity (Wildman–Crippen MR) is 80.5 cm³/mol. The van der Waals surface area contributed by atoms with Gasteiger partial charge in [0, 0.05) is 31.8 Å². The Hall–Kier alpha value is -0.690. The van der Waals surface area contributed by atoms with Crippen LogP contribution in [-0.2, 0) is 19.8 Å². The minimum absolute atomic E-state index is 0.472. The minimum atomic E-state index is -0.472. The molecule has 0 aromatic carbocycles. The summed E-state index contributed by atoms with van der Waals surface area (Å²) in [5.41, 5.74) is 0.388. The van der Waals surface area contributed by atoms with Gasteiger partial charge in [-0.2, -0.15) is 0 Å². The van der Waals surface area contributed by atoms with Gasteiger partial charge in [-0.15, -0.1) is 0 Å². The maximum atomic E-state index is 5.87. The molecule has 1 unspecified atom stereocenters. The molecule has 1 aromatic heterocycles. The Morgan fingerprint density at radius 3 is 2.86 bits per heavy atom. The largest absolute Gasteiger partial charge is 0.493 e. The fraction of sp³-hybridized carbons (Fsp3) is 0.667. The Balaban J connectivity index is 1.78. The van der Waals surface area contributed by atoms with Crippen molar-refractivity contribution >= 4 is 15.9 Å². The summed E-state index contributed by atoms with van der Waals surface area (Å²) in [5, 5.41) is 0. The zero-order chi connectivity index (χ0) is 14.7. The molecule has 3 rings (SSSR count). The van der Waals surface area contributed by atoms with E-state index in [1.165, 1.54) is 0 Å². The lowest BCUT2D eigenvalue weighted by molar-refractivity contribution is -0.117. The van der Waals surface area contributed by atoms with Crippen LogP contribution in [0.2, 0.25) is 0 Å². The van der Waals surface area contributed by atoms with Crippen molar-refractivity contribution < 1.29 is 18.9 Å². The predicted octanol–water partition coefficient (Wildman–Crippen LogP) is 2.52. The van der Waals surface area contributed by atoms with Gasteiger partial charge in [-0.25, -0.2) is 4.98 Å². The number of aromatic nitrogens is 1. The number of ether oxygens (including phenoxy) is 4. The first-order chi connectivity index (χ1) is 10.2. The maximum Gasteiger partial charge on any atom is 0.133 e. The maximum absolute atomic E-state index is 5.87. The molecule has 6 heteroatoms. The highest BCUT2D eigenvalue weighted by molar-refractivity contribution is 9.10. The third kappa shape index (κ3) is 3.39. The quantitative estimate of drug-likeness (QED) is 0.757. The Labute approximate surface area is 133 Å². The molecule has 2 aliphatic rings. The van der Waals surface area contributed by atoms with E-state index in [1.807, 2.05) is 12.1 Å². The number of methoxy groups -OCH3 is 1. The molecule has 2 aliphatic heterocycles. The Kier molecular flexibility index (Phi) is 4.78. The lowest BCUT2D eigenvalue weighted by atomic mass is 9.92. The van der Waals surface area contributed by atoms with Gasteiger partial charge in [-0.1, -0.05) is 0 Å². The monoisotopic (exact) mass is 357 g/mol. The number of halogens is 1. The van der Waals surface area contributed by atoms with Crippen LogP contribution in [0.5, 0.6) is 5.75 Å². The number of hydrogen-bond acceptors (Lipinski definition) is 5. The summed E-state index contributed by atoms with van der Waals surface area (Å²) in [4.78, 5) is 4.57. The van der Waals surface area contributed by atoms with E-state index in [9.17, 15) is 0 Å². The van der Waals surface area contributed by atoms with Gasteiger partial charge in [-0.05, 0) is 28.8 Å². The summed E-state index contributed by atoms with van der Waals surface area (Å²) in [7, 11) is 1.71. The van der Waals surface area contributed by atoms with Crippen LogP contribution in [0, 0.1) is 5.92 Å². The Bertz CT molecular complexity index is 487. The average Bonchev–Trinajstić information content (AvgIpc) is 2.46. The van der Waals surface area contributed by atoms with Crippen molar-refractivity contribution in [2.45, 2.75) is 18.4 Å². The van der Waals surface area contributed by atoms with E-state index < -0.39 is 5.60 Å². The molecule has 0 saturated carbocycles. The Morgan fingerprint density at radius 1 is 1.38 bits per heavy atom. The normalized spacial score (nSPS) is 26.4. The van der Waals surface area contributed by atoms with Crippen LogP contribution in [0.25, 0.3) is 0 Å².